The Balaban J connectivity index is 2.21. The molecule has 190 valence electrons. The Morgan fingerprint density at radius 2 is 1.72 bits per heavy atom. The average Bonchev–Trinajstić information content (AvgIpc) is 3.19. The fourth-order valence-corrected chi connectivity index (χ4v) is 4.25. The molecule has 0 bridgehead atoms. The summed E-state index contributed by atoms with van der Waals surface area (Å²) < 4.78 is 9.46. The largest absolute Gasteiger partial charge is 0.508 e. The fraction of sp³-hybridized carbons (Fsp3) is 0.280. The summed E-state index contributed by atoms with van der Waals surface area (Å²) in [5, 5.41) is 12.7. The van der Waals surface area contributed by atoms with Gasteiger partial charge in [0.2, 0.25) is 5.91 Å². The first-order valence-corrected chi connectivity index (χ1v) is 11.9. The topological polar surface area (TPSA) is 161 Å². The molecule has 1 atom stereocenters. The molecule has 0 unspecified atom stereocenters. The Morgan fingerprint density at radius 3 is 2.22 bits per heavy atom. The van der Waals surface area contributed by atoms with E-state index in [-0.39, 0.29) is 22.0 Å². The van der Waals surface area contributed by atoms with Crippen LogP contribution in [0.2, 0.25) is 0 Å². The lowest BCUT2D eigenvalue weighted by atomic mass is 10.00. The molecule has 10 nitrogen and oxygen atoms in total. The number of nitrogen functional groups attached to an aromatic ring is 1. The number of nitrogens with two attached hydrogens (primary N) is 2. The Labute approximate surface area is 213 Å². The van der Waals surface area contributed by atoms with E-state index in [1.165, 1.54) is 17.0 Å². The SMILES string of the molecule is CCOc1ccc(N(C(=O)c2snc(C(N)=O)c2N)[C@@H](C(=O)NC(C)(C)C)c2ccc(O)cc2)cc1. The average molecular weight is 512 g/mol. The number of benzene rings is 2. The molecule has 0 aliphatic heterocycles. The lowest BCUT2D eigenvalue weighted by Crippen LogP contribution is -2.49. The van der Waals surface area contributed by atoms with Crippen molar-refractivity contribution in [2.45, 2.75) is 39.3 Å². The number of hydrogen-bond donors (Lipinski definition) is 4. The number of anilines is 2. The molecule has 0 fully saturated rings. The number of phenols is 1. The van der Waals surface area contributed by atoms with Crippen molar-refractivity contribution in [2.75, 3.05) is 17.2 Å². The molecule has 36 heavy (non-hydrogen) atoms. The monoisotopic (exact) mass is 511 g/mol. The van der Waals surface area contributed by atoms with Gasteiger partial charge in [0.05, 0.1) is 12.3 Å². The summed E-state index contributed by atoms with van der Waals surface area (Å²) >= 11 is 0.723. The van der Waals surface area contributed by atoms with E-state index >= 15 is 0 Å². The van der Waals surface area contributed by atoms with Crippen molar-refractivity contribution in [3.8, 4) is 11.5 Å². The van der Waals surface area contributed by atoms with Gasteiger partial charge in [-0.1, -0.05) is 12.1 Å². The third kappa shape index (κ3) is 5.92. The van der Waals surface area contributed by atoms with Crippen LogP contribution in [-0.2, 0) is 4.79 Å². The Bertz CT molecular complexity index is 1250. The molecule has 11 heteroatoms. The lowest BCUT2D eigenvalue weighted by Gasteiger charge is -2.33. The van der Waals surface area contributed by atoms with Gasteiger partial charge in [0.15, 0.2) is 5.69 Å². The van der Waals surface area contributed by atoms with Gasteiger partial charge in [-0.15, -0.1) is 0 Å². The van der Waals surface area contributed by atoms with Crippen LogP contribution >= 0.6 is 11.5 Å². The molecule has 3 rings (SSSR count). The van der Waals surface area contributed by atoms with Crippen molar-refractivity contribution in [1.82, 2.24) is 9.69 Å². The number of carbonyl (C=O) groups excluding carboxylic acids is 3. The van der Waals surface area contributed by atoms with Crippen LogP contribution in [0.15, 0.2) is 48.5 Å². The lowest BCUT2D eigenvalue weighted by molar-refractivity contribution is -0.123. The number of rotatable bonds is 8. The maximum atomic E-state index is 14.0. The summed E-state index contributed by atoms with van der Waals surface area (Å²) in [6, 6.07) is 11.5. The van der Waals surface area contributed by atoms with Gasteiger partial charge in [-0.2, -0.15) is 4.37 Å². The summed E-state index contributed by atoms with van der Waals surface area (Å²) in [5.41, 5.74) is 11.2. The summed E-state index contributed by atoms with van der Waals surface area (Å²) in [6.45, 7) is 7.77. The Morgan fingerprint density at radius 1 is 1.11 bits per heavy atom. The molecule has 0 spiro atoms. The van der Waals surface area contributed by atoms with Gasteiger partial charge in [-0.3, -0.25) is 19.3 Å². The number of amides is 3. The summed E-state index contributed by atoms with van der Waals surface area (Å²) in [7, 11) is 0. The number of nitrogens with zero attached hydrogens (tertiary/aromatic N) is 2. The van der Waals surface area contributed by atoms with Crippen LogP contribution in [0.25, 0.3) is 0 Å². The number of aromatic nitrogens is 1. The van der Waals surface area contributed by atoms with Gasteiger partial charge >= 0.3 is 0 Å². The van der Waals surface area contributed by atoms with E-state index < -0.39 is 29.3 Å². The normalized spacial score (nSPS) is 12.0. The van der Waals surface area contributed by atoms with Gasteiger partial charge in [-0.25, -0.2) is 0 Å². The summed E-state index contributed by atoms with van der Waals surface area (Å²) in [6.07, 6.45) is 0. The van der Waals surface area contributed by atoms with E-state index in [0.717, 1.165) is 11.5 Å². The van der Waals surface area contributed by atoms with Crippen molar-refractivity contribution >= 4 is 40.6 Å². The molecular weight excluding hydrogens is 482 g/mol. The molecule has 0 aliphatic rings. The molecule has 0 aliphatic carbocycles. The number of ether oxygens (including phenoxy) is 1. The van der Waals surface area contributed by atoms with Crippen LogP contribution in [0.1, 0.15) is 59.5 Å². The molecule has 1 aromatic heterocycles. The van der Waals surface area contributed by atoms with Gasteiger partial charge in [-0.05, 0) is 81.2 Å². The predicted molar refractivity (Wildman–Crippen MR) is 138 cm³/mol. The van der Waals surface area contributed by atoms with E-state index in [4.69, 9.17) is 16.2 Å². The minimum Gasteiger partial charge on any atom is -0.508 e. The molecule has 0 radical (unpaired) electrons. The van der Waals surface area contributed by atoms with Crippen LogP contribution in [-0.4, -0.2) is 39.3 Å². The maximum Gasteiger partial charge on any atom is 0.273 e. The molecule has 3 amide bonds. The highest BCUT2D eigenvalue weighted by Gasteiger charge is 2.37. The van der Waals surface area contributed by atoms with Crippen LogP contribution in [0.3, 0.4) is 0 Å². The highest BCUT2D eigenvalue weighted by atomic mass is 32.1. The van der Waals surface area contributed by atoms with E-state index in [0.29, 0.717) is 23.6 Å². The fourth-order valence-electron chi connectivity index (χ4n) is 3.50. The molecule has 1 heterocycles. The van der Waals surface area contributed by atoms with Gasteiger partial charge in [0.25, 0.3) is 11.8 Å². The number of aromatic hydroxyl groups is 1. The third-order valence-corrected chi connectivity index (χ3v) is 5.86. The zero-order chi connectivity index (χ0) is 26.6. The van der Waals surface area contributed by atoms with Crippen LogP contribution < -0.4 is 26.4 Å². The second kappa shape index (κ2) is 10.6. The maximum absolute atomic E-state index is 14.0. The summed E-state index contributed by atoms with van der Waals surface area (Å²) in [5.74, 6) is -1.39. The van der Waals surface area contributed by atoms with E-state index in [1.807, 2.05) is 27.7 Å². The van der Waals surface area contributed by atoms with Crippen molar-refractivity contribution in [2.24, 2.45) is 5.73 Å². The second-order valence-electron chi connectivity index (χ2n) is 8.97. The van der Waals surface area contributed by atoms with Crippen molar-refractivity contribution < 1.29 is 24.2 Å². The molecule has 3 aromatic rings. The quantitative estimate of drug-likeness (QED) is 0.361. The van der Waals surface area contributed by atoms with E-state index in [2.05, 4.69) is 9.69 Å². The molecular formula is C25H29N5O5S. The number of primary amides is 1. The van der Waals surface area contributed by atoms with Gasteiger partial charge in [0, 0.05) is 11.2 Å². The second-order valence-corrected chi connectivity index (χ2v) is 9.75. The van der Waals surface area contributed by atoms with E-state index in [1.54, 1.807) is 36.4 Å². The Kier molecular flexibility index (Phi) is 7.83. The molecule has 6 N–H and O–H groups in total. The smallest absolute Gasteiger partial charge is 0.273 e. The zero-order valence-electron chi connectivity index (χ0n) is 20.4. The highest BCUT2D eigenvalue weighted by Crippen LogP contribution is 2.34. The molecule has 0 saturated heterocycles. The van der Waals surface area contributed by atoms with Crippen molar-refractivity contribution in [3.63, 3.8) is 0 Å². The first-order chi connectivity index (χ1) is 16.9. The van der Waals surface area contributed by atoms with E-state index in [9.17, 15) is 19.5 Å². The Hall–Kier alpha value is -4.12. The minimum atomic E-state index is -1.16. The van der Waals surface area contributed by atoms with Crippen LogP contribution in [0.5, 0.6) is 11.5 Å². The van der Waals surface area contributed by atoms with Crippen LogP contribution in [0, 0.1) is 0 Å². The first kappa shape index (κ1) is 26.5. The van der Waals surface area contributed by atoms with Crippen molar-refractivity contribution in [1.29, 1.82) is 0 Å². The number of carbonyl (C=O) groups is 3. The summed E-state index contributed by atoms with van der Waals surface area (Å²) in [4.78, 5) is 40.6. The van der Waals surface area contributed by atoms with Gasteiger partial charge < -0.3 is 26.6 Å². The predicted octanol–water partition coefficient (Wildman–Crippen LogP) is 3.23. The number of hydrogen-bond acceptors (Lipinski definition) is 8. The molecule has 2 aromatic carbocycles. The van der Waals surface area contributed by atoms with Gasteiger partial charge in [0.1, 0.15) is 22.4 Å². The van der Waals surface area contributed by atoms with Crippen LogP contribution in [0.4, 0.5) is 11.4 Å². The minimum absolute atomic E-state index is 0.00507. The number of nitrogens with one attached hydrogen (secondary N) is 1. The third-order valence-electron chi connectivity index (χ3n) is 5.01. The van der Waals surface area contributed by atoms with Crippen molar-refractivity contribution in [3.05, 3.63) is 64.7 Å². The highest BCUT2D eigenvalue weighted by molar-refractivity contribution is 7.09. The standard InChI is InChI=1S/C25H29N5O5S/c1-5-35-17-12-8-15(9-13-17)30(24(34)21-18(26)19(22(27)32)29-36-21)20(23(33)28-25(2,3)4)14-6-10-16(31)11-7-14/h6-13,20,31H,5,26H2,1-4H3,(H2,27,32)(H,28,33)/t20-/m1/s1. The zero-order valence-corrected chi connectivity index (χ0v) is 21.3. The molecule has 0 saturated carbocycles. The first-order valence-electron chi connectivity index (χ1n) is 11.1. The number of phenolic OH excluding ortho intramolecular Hbond substituents is 1.